The first-order valence-corrected chi connectivity index (χ1v) is 17.0. The van der Waals surface area contributed by atoms with Crippen molar-refractivity contribution in [2.75, 3.05) is 31.1 Å². The molecule has 2 aromatic heterocycles. The van der Waals surface area contributed by atoms with E-state index in [4.69, 9.17) is 26.1 Å². The molecule has 5 aliphatic rings. The number of hydrogen-bond acceptors (Lipinski definition) is 7. The largest absolute Gasteiger partial charge is 0.461 e. The second-order valence-corrected chi connectivity index (χ2v) is 14.2. The van der Waals surface area contributed by atoms with Crippen molar-refractivity contribution in [2.24, 2.45) is 5.92 Å². The van der Waals surface area contributed by atoms with Crippen molar-refractivity contribution in [3.05, 3.63) is 53.2 Å². The third-order valence-corrected chi connectivity index (χ3v) is 11.6. The number of anilines is 1. The maximum Gasteiger partial charge on any atom is 0.319 e. The summed E-state index contributed by atoms with van der Waals surface area (Å²) in [5, 5.41) is 5.58. The van der Waals surface area contributed by atoms with Crippen LogP contribution in [0.1, 0.15) is 56.7 Å². The molecule has 4 aromatic rings. The monoisotopic (exact) mass is 638 g/mol. The van der Waals surface area contributed by atoms with Crippen molar-refractivity contribution in [2.45, 2.75) is 81.7 Å². The number of pyridine rings is 1. The first kappa shape index (κ1) is 29.2. The Morgan fingerprint density at radius 3 is 2.85 bits per heavy atom. The van der Waals surface area contributed by atoms with E-state index in [9.17, 15) is 4.39 Å². The van der Waals surface area contributed by atoms with Crippen molar-refractivity contribution in [1.82, 2.24) is 25.2 Å². The van der Waals surface area contributed by atoms with Crippen molar-refractivity contribution in [3.63, 3.8) is 0 Å². The smallest absolute Gasteiger partial charge is 0.319 e. The summed E-state index contributed by atoms with van der Waals surface area (Å²) >= 11 is 0. The fraction of sp³-hybridized carbons (Fsp3) is 0.486. The topological polar surface area (TPSA) is 66.4 Å². The molecule has 2 bridgehead atoms. The van der Waals surface area contributed by atoms with Gasteiger partial charge in [-0.1, -0.05) is 43.5 Å². The number of piperazine rings is 1. The number of terminal acetylenes is 1. The van der Waals surface area contributed by atoms with Crippen LogP contribution in [0.25, 0.3) is 32.9 Å². The van der Waals surface area contributed by atoms with E-state index in [0.717, 1.165) is 50.9 Å². The molecule has 2 aromatic carbocycles. The summed E-state index contributed by atoms with van der Waals surface area (Å²) in [5.41, 5.74) is 1.04. The zero-order valence-electron chi connectivity index (χ0n) is 26.4. The summed E-state index contributed by atoms with van der Waals surface area (Å²) in [6, 6.07) is 9.23. The van der Waals surface area contributed by atoms with Gasteiger partial charge < -0.3 is 15.0 Å². The minimum atomic E-state index is -0.892. The van der Waals surface area contributed by atoms with E-state index in [0.29, 0.717) is 53.0 Å². The summed E-state index contributed by atoms with van der Waals surface area (Å²) in [6.07, 6.45) is 10.8. The highest BCUT2D eigenvalue weighted by Crippen LogP contribution is 2.45. The summed E-state index contributed by atoms with van der Waals surface area (Å²) < 4.78 is 53.2. The van der Waals surface area contributed by atoms with Crippen LogP contribution in [0.5, 0.6) is 6.01 Å². The lowest BCUT2D eigenvalue weighted by molar-refractivity contribution is 0.107. The predicted molar refractivity (Wildman–Crippen MR) is 175 cm³/mol. The number of rotatable bonds is 5. The zero-order valence-corrected chi connectivity index (χ0v) is 26.4. The van der Waals surface area contributed by atoms with Gasteiger partial charge in [-0.2, -0.15) is 9.97 Å². The molecule has 4 fully saturated rings. The van der Waals surface area contributed by atoms with Gasteiger partial charge in [-0.25, -0.2) is 18.2 Å². The van der Waals surface area contributed by atoms with Crippen molar-refractivity contribution >= 4 is 27.5 Å². The molecule has 4 saturated heterocycles. The number of nitrogens with zero attached hydrogens (tertiary/aromatic N) is 5. The van der Waals surface area contributed by atoms with E-state index >= 15 is 8.78 Å². The van der Waals surface area contributed by atoms with Gasteiger partial charge in [-0.3, -0.25) is 4.90 Å². The third kappa shape index (κ3) is 4.39. The Labute approximate surface area is 271 Å². The molecule has 10 heteroatoms. The van der Waals surface area contributed by atoms with Crippen LogP contribution in [0.3, 0.4) is 0 Å². The number of nitrogens with one attached hydrogen (secondary N) is 1. The molecule has 0 aliphatic carbocycles. The van der Waals surface area contributed by atoms with Crippen molar-refractivity contribution in [1.29, 1.82) is 0 Å². The van der Waals surface area contributed by atoms with Crippen LogP contribution in [0.2, 0.25) is 0 Å². The second-order valence-electron chi connectivity index (χ2n) is 14.2. The maximum atomic E-state index is 17.2. The molecule has 5 aliphatic heterocycles. The molecule has 7 heterocycles. The summed E-state index contributed by atoms with van der Waals surface area (Å²) in [4.78, 5) is 19.4. The van der Waals surface area contributed by atoms with Gasteiger partial charge in [0.15, 0.2) is 5.82 Å². The first-order valence-electron chi connectivity index (χ1n) is 17.0. The number of alkyl halides is 1. The lowest BCUT2D eigenvalue weighted by Crippen LogP contribution is -2.60. The Bertz CT molecular complexity index is 1980. The number of benzene rings is 2. The number of halogens is 3. The standard InChI is InChI=1S/C37H37F3N6O/c1-3-20-15-28-30-33(31(40)32(42-28)25-8-5-7-21-9-11-26(39)24(4-2)29(21)25)43-36(47-19-37-13-6-14-45(37)17-22(38)16-37)44-35(30)46-18-23-10-12-27(41-23)34(20)46/h2,5,7-9,11,20,22-23,27,34,41H,3,6,10,12-19H2,1H3/t20-,22+,23+,27-,34-,37-/m0/s1. The molecule has 0 unspecified atom stereocenters. The van der Waals surface area contributed by atoms with Crippen LogP contribution in [-0.2, 0) is 6.42 Å². The van der Waals surface area contributed by atoms with E-state index in [1.807, 2.05) is 12.1 Å². The van der Waals surface area contributed by atoms with E-state index in [2.05, 4.69) is 28.0 Å². The second kappa shape index (κ2) is 10.8. The van der Waals surface area contributed by atoms with Crippen molar-refractivity contribution in [3.8, 4) is 29.6 Å². The number of hydrogen-bond donors (Lipinski definition) is 1. The zero-order chi connectivity index (χ0) is 32.0. The third-order valence-electron chi connectivity index (χ3n) is 11.6. The normalized spacial score (nSPS) is 29.6. The predicted octanol–water partition coefficient (Wildman–Crippen LogP) is 5.95. The quantitative estimate of drug-likeness (QED) is 0.271. The molecule has 47 heavy (non-hydrogen) atoms. The Hall–Kier alpha value is -3.94. The molecular formula is C37H37F3N6O. The van der Waals surface area contributed by atoms with Crippen LogP contribution in [-0.4, -0.2) is 75.9 Å². The van der Waals surface area contributed by atoms with E-state index < -0.39 is 23.3 Å². The minimum Gasteiger partial charge on any atom is -0.461 e. The number of ether oxygens (including phenoxy) is 1. The molecule has 0 amide bonds. The van der Waals surface area contributed by atoms with Gasteiger partial charge in [0.1, 0.15) is 35.6 Å². The summed E-state index contributed by atoms with van der Waals surface area (Å²) in [7, 11) is 0. The molecular weight excluding hydrogens is 601 g/mol. The maximum absolute atomic E-state index is 17.2. The highest BCUT2D eigenvalue weighted by Gasteiger charge is 2.50. The minimum absolute atomic E-state index is 0.0754. The highest BCUT2D eigenvalue weighted by molar-refractivity contribution is 6.02. The lowest BCUT2D eigenvalue weighted by Gasteiger charge is -2.44. The van der Waals surface area contributed by atoms with Gasteiger partial charge >= 0.3 is 6.01 Å². The van der Waals surface area contributed by atoms with Crippen LogP contribution >= 0.6 is 0 Å². The van der Waals surface area contributed by atoms with Gasteiger partial charge in [0.2, 0.25) is 0 Å². The molecule has 9 rings (SSSR count). The molecule has 0 spiro atoms. The van der Waals surface area contributed by atoms with E-state index in [1.165, 1.54) is 6.07 Å². The molecule has 242 valence electrons. The SMILES string of the molecule is C#Cc1c(F)ccc2cccc(-c3nc4c5c(nc(OC[C@@]67CCCN6C[C@H](F)C7)nc5c3F)N3C[C@H]5CC[C@H](N5)[C@@H]3[C@@H](CC)C4)c12. The Kier molecular flexibility index (Phi) is 6.71. The van der Waals surface area contributed by atoms with Gasteiger partial charge in [-0.05, 0) is 56.0 Å². The van der Waals surface area contributed by atoms with Crippen LogP contribution in [0, 0.1) is 29.9 Å². The summed E-state index contributed by atoms with van der Waals surface area (Å²) in [6.45, 7) is 4.44. The first-order chi connectivity index (χ1) is 22.9. The fourth-order valence-corrected chi connectivity index (χ4v) is 9.55. The molecule has 0 saturated carbocycles. The molecule has 7 nitrogen and oxygen atoms in total. The van der Waals surface area contributed by atoms with E-state index in [-0.39, 0.29) is 47.4 Å². The molecule has 6 atom stereocenters. The van der Waals surface area contributed by atoms with Gasteiger partial charge in [0.05, 0.1) is 22.2 Å². The lowest BCUT2D eigenvalue weighted by atomic mass is 9.86. The Morgan fingerprint density at radius 2 is 2.00 bits per heavy atom. The van der Waals surface area contributed by atoms with Crippen LogP contribution in [0.4, 0.5) is 19.0 Å². The molecule has 0 radical (unpaired) electrons. The number of fused-ring (bicyclic) bond motifs is 7. The van der Waals surface area contributed by atoms with Crippen molar-refractivity contribution < 1.29 is 17.9 Å². The number of aromatic nitrogens is 3. The van der Waals surface area contributed by atoms with E-state index in [1.54, 1.807) is 12.1 Å². The fourth-order valence-electron chi connectivity index (χ4n) is 9.55. The average molecular weight is 639 g/mol. The van der Waals surface area contributed by atoms with Gasteiger partial charge in [0, 0.05) is 48.6 Å². The Balaban J connectivity index is 1.26. The Morgan fingerprint density at radius 1 is 1.11 bits per heavy atom. The van der Waals surface area contributed by atoms with Crippen LogP contribution in [0.15, 0.2) is 30.3 Å². The molecule has 1 N–H and O–H groups in total. The van der Waals surface area contributed by atoms with Crippen LogP contribution < -0.4 is 15.0 Å². The average Bonchev–Trinajstić information content (AvgIpc) is 3.71. The van der Waals surface area contributed by atoms with Gasteiger partial charge in [-0.15, -0.1) is 6.42 Å². The highest BCUT2D eigenvalue weighted by atomic mass is 19.1. The summed E-state index contributed by atoms with van der Waals surface area (Å²) in [5.74, 6) is 2.21. The van der Waals surface area contributed by atoms with Gasteiger partial charge in [0.25, 0.3) is 0 Å².